The van der Waals surface area contributed by atoms with Gasteiger partial charge < -0.3 is 15.5 Å². The zero-order chi connectivity index (χ0) is 20.1. The Bertz CT molecular complexity index is 830. The summed E-state index contributed by atoms with van der Waals surface area (Å²) in [4.78, 5) is 26.5. The largest absolute Gasteiger partial charge is 0.341 e. The maximum Gasteiger partial charge on any atom is 0.317 e. The van der Waals surface area contributed by atoms with Crippen LogP contribution in [0.5, 0.6) is 0 Å². The molecule has 3 amide bonds. The minimum atomic E-state index is -0.113. The van der Waals surface area contributed by atoms with Crippen molar-refractivity contribution in [3.8, 4) is 0 Å². The second-order valence-electron chi connectivity index (χ2n) is 7.70. The second kappa shape index (κ2) is 8.91. The molecule has 2 N–H and O–H groups in total. The summed E-state index contributed by atoms with van der Waals surface area (Å²) in [5.41, 5.74) is 3.79. The normalized spacial score (nSPS) is 16.7. The average Bonchev–Trinajstić information content (AvgIpc) is 2.73. The molecule has 2 aromatic rings. The lowest BCUT2D eigenvalue weighted by atomic mass is 9.89. The molecule has 0 aromatic heterocycles. The number of rotatable bonds is 4. The summed E-state index contributed by atoms with van der Waals surface area (Å²) >= 11 is 0. The summed E-state index contributed by atoms with van der Waals surface area (Å²) in [7, 11) is 1.66. The van der Waals surface area contributed by atoms with E-state index in [0.717, 1.165) is 30.6 Å². The number of anilines is 1. The molecule has 1 heterocycles. The van der Waals surface area contributed by atoms with E-state index in [-0.39, 0.29) is 17.9 Å². The van der Waals surface area contributed by atoms with Crippen molar-refractivity contribution in [3.63, 3.8) is 0 Å². The number of hydrogen-bond donors (Lipinski definition) is 2. The molecular formula is C23H29N3O2. The average molecular weight is 380 g/mol. The van der Waals surface area contributed by atoms with Gasteiger partial charge in [-0.3, -0.25) is 4.79 Å². The molecule has 0 unspecified atom stereocenters. The summed E-state index contributed by atoms with van der Waals surface area (Å²) in [6.45, 7) is 5.76. The molecule has 1 aliphatic rings. The molecule has 1 fully saturated rings. The summed E-state index contributed by atoms with van der Waals surface area (Å²) in [5.74, 6) is 0.605. The van der Waals surface area contributed by atoms with Crippen molar-refractivity contribution in [2.24, 2.45) is 0 Å². The summed E-state index contributed by atoms with van der Waals surface area (Å²) < 4.78 is 0. The number of piperidine rings is 1. The molecule has 0 radical (unpaired) electrons. The van der Waals surface area contributed by atoms with Gasteiger partial charge in [0.1, 0.15) is 0 Å². The number of urea groups is 1. The highest BCUT2D eigenvalue weighted by Crippen LogP contribution is 2.28. The fraction of sp³-hybridized carbons (Fsp3) is 0.391. The first-order valence-corrected chi connectivity index (χ1v) is 9.96. The summed E-state index contributed by atoms with van der Waals surface area (Å²) in [6.07, 6.45) is 1.99. The van der Waals surface area contributed by atoms with Gasteiger partial charge in [0.2, 0.25) is 0 Å². The molecule has 148 valence electrons. The van der Waals surface area contributed by atoms with Gasteiger partial charge in [0, 0.05) is 37.3 Å². The van der Waals surface area contributed by atoms with Crippen molar-refractivity contribution in [1.29, 1.82) is 0 Å². The van der Waals surface area contributed by atoms with E-state index in [2.05, 4.69) is 24.5 Å². The molecule has 0 saturated carbocycles. The molecule has 0 spiro atoms. The van der Waals surface area contributed by atoms with Gasteiger partial charge in [-0.2, -0.15) is 0 Å². The van der Waals surface area contributed by atoms with E-state index in [1.807, 2.05) is 53.4 Å². The zero-order valence-corrected chi connectivity index (χ0v) is 16.9. The lowest BCUT2D eigenvalue weighted by Crippen LogP contribution is -2.43. The maximum absolute atomic E-state index is 12.7. The van der Waals surface area contributed by atoms with E-state index in [4.69, 9.17) is 0 Å². The second-order valence-corrected chi connectivity index (χ2v) is 7.70. The van der Waals surface area contributed by atoms with Crippen molar-refractivity contribution in [2.75, 3.05) is 25.5 Å². The molecule has 1 aliphatic heterocycles. The van der Waals surface area contributed by atoms with Crippen LogP contribution in [0.15, 0.2) is 48.5 Å². The number of hydrogen-bond acceptors (Lipinski definition) is 2. The minimum Gasteiger partial charge on any atom is -0.341 e. The molecule has 0 aliphatic carbocycles. The van der Waals surface area contributed by atoms with Crippen LogP contribution in [0.4, 0.5) is 10.5 Å². The van der Waals surface area contributed by atoms with Gasteiger partial charge in [-0.25, -0.2) is 4.79 Å². The van der Waals surface area contributed by atoms with E-state index < -0.39 is 0 Å². The van der Waals surface area contributed by atoms with Gasteiger partial charge in [0.25, 0.3) is 5.91 Å². The number of nitrogens with one attached hydrogen (secondary N) is 2. The van der Waals surface area contributed by atoms with E-state index in [9.17, 15) is 9.59 Å². The fourth-order valence-electron chi connectivity index (χ4n) is 3.68. The van der Waals surface area contributed by atoms with Gasteiger partial charge in [0.05, 0.1) is 0 Å². The maximum atomic E-state index is 12.7. The van der Waals surface area contributed by atoms with Gasteiger partial charge in [-0.1, -0.05) is 38.1 Å². The van der Waals surface area contributed by atoms with E-state index in [1.165, 1.54) is 5.56 Å². The van der Waals surface area contributed by atoms with Gasteiger partial charge in [-0.15, -0.1) is 0 Å². The number of amides is 3. The fourth-order valence-corrected chi connectivity index (χ4v) is 3.68. The minimum absolute atomic E-state index is 0.0385. The third-order valence-corrected chi connectivity index (χ3v) is 5.38. The van der Waals surface area contributed by atoms with Crippen molar-refractivity contribution >= 4 is 17.6 Å². The molecule has 2 aromatic carbocycles. The Morgan fingerprint density at radius 3 is 2.54 bits per heavy atom. The Balaban J connectivity index is 1.70. The number of likely N-dealkylation sites (tertiary alicyclic amines) is 1. The SMILES string of the molecule is CNC(=O)N1CCC[C@H](c2cccc(C(=O)Nc3ccc(C(C)C)cc3)c2)C1. The first-order valence-electron chi connectivity index (χ1n) is 9.96. The van der Waals surface area contributed by atoms with Gasteiger partial charge in [0.15, 0.2) is 0 Å². The van der Waals surface area contributed by atoms with E-state index in [0.29, 0.717) is 18.0 Å². The molecule has 1 saturated heterocycles. The van der Waals surface area contributed by atoms with Crippen molar-refractivity contribution < 1.29 is 9.59 Å². The van der Waals surface area contributed by atoms with Crippen LogP contribution in [-0.2, 0) is 0 Å². The van der Waals surface area contributed by atoms with E-state index in [1.54, 1.807) is 7.05 Å². The first-order chi connectivity index (χ1) is 13.5. The van der Waals surface area contributed by atoms with Gasteiger partial charge in [-0.05, 0) is 54.2 Å². The highest BCUT2D eigenvalue weighted by molar-refractivity contribution is 6.04. The van der Waals surface area contributed by atoms with Crippen LogP contribution in [0, 0.1) is 0 Å². The third-order valence-electron chi connectivity index (χ3n) is 5.38. The number of carbonyl (C=O) groups is 2. The molecule has 0 bridgehead atoms. The Morgan fingerprint density at radius 1 is 1.11 bits per heavy atom. The van der Waals surface area contributed by atoms with Crippen LogP contribution in [0.1, 0.15) is 60.0 Å². The summed E-state index contributed by atoms with van der Waals surface area (Å²) in [6, 6.07) is 15.7. The zero-order valence-electron chi connectivity index (χ0n) is 16.9. The molecule has 5 nitrogen and oxygen atoms in total. The topological polar surface area (TPSA) is 61.4 Å². The number of benzene rings is 2. The molecule has 28 heavy (non-hydrogen) atoms. The Kier molecular flexibility index (Phi) is 6.34. The van der Waals surface area contributed by atoms with Crippen LogP contribution in [0.3, 0.4) is 0 Å². The lowest BCUT2D eigenvalue weighted by Gasteiger charge is -2.32. The Morgan fingerprint density at radius 2 is 1.86 bits per heavy atom. The highest BCUT2D eigenvalue weighted by Gasteiger charge is 2.24. The van der Waals surface area contributed by atoms with Crippen molar-refractivity contribution in [1.82, 2.24) is 10.2 Å². The standard InChI is InChI=1S/C23H29N3O2/c1-16(2)17-9-11-21(12-10-17)25-22(27)19-7-4-6-18(14-19)20-8-5-13-26(15-20)23(28)24-3/h4,6-7,9-12,14,16,20H,5,8,13,15H2,1-3H3,(H,24,28)(H,25,27)/t20-/m0/s1. The number of carbonyl (C=O) groups excluding carboxylic acids is 2. The molecule has 3 rings (SSSR count). The monoisotopic (exact) mass is 379 g/mol. The van der Waals surface area contributed by atoms with Crippen molar-refractivity contribution in [2.45, 2.75) is 38.5 Å². The van der Waals surface area contributed by atoms with E-state index >= 15 is 0 Å². The van der Waals surface area contributed by atoms with Crippen LogP contribution in [0.25, 0.3) is 0 Å². The predicted molar refractivity (Wildman–Crippen MR) is 113 cm³/mol. The molecule has 1 atom stereocenters. The lowest BCUT2D eigenvalue weighted by molar-refractivity contribution is 0.102. The quantitative estimate of drug-likeness (QED) is 0.817. The molecular weight excluding hydrogens is 350 g/mol. The smallest absolute Gasteiger partial charge is 0.317 e. The number of nitrogens with zero attached hydrogens (tertiary/aromatic N) is 1. The van der Waals surface area contributed by atoms with Crippen molar-refractivity contribution in [3.05, 3.63) is 65.2 Å². The van der Waals surface area contributed by atoms with Crippen LogP contribution in [-0.4, -0.2) is 37.0 Å². The van der Waals surface area contributed by atoms with Crippen LogP contribution >= 0.6 is 0 Å². The molecule has 5 heteroatoms. The summed E-state index contributed by atoms with van der Waals surface area (Å²) in [5, 5.41) is 5.67. The Hall–Kier alpha value is -2.82. The van der Waals surface area contributed by atoms with Crippen LogP contribution in [0.2, 0.25) is 0 Å². The highest BCUT2D eigenvalue weighted by atomic mass is 16.2. The van der Waals surface area contributed by atoms with Crippen LogP contribution < -0.4 is 10.6 Å². The predicted octanol–water partition coefficient (Wildman–Crippen LogP) is 4.58. The Labute approximate surface area is 167 Å². The van der Waals surface area contributed by atoms with Gasteiger partial charge >= 0.3 is 6.03 Å². The first kappa shape index (κ1) is 19.9. The third kappa shape index (κ3) is 4.71.